The van der Waals surface area contributed by atoms with E-state index in [-0.39, 0.29) is 5.91 Å². The number of hydrogen-bond donors (Lipinski definition) is 0. The Kier molecular flexibility index (Phi) is 6.00. The summed E-state index contributed by atoms with van der Waals surface area (Å²) >= 11 is 3.43. The van der Waals surface area contributed by atoms with Gasteiger partial charge in [0.25, 0.3) is 0 Å². The van der Waals surface area contributed by atoms with Gasteiger partial charge in [-0.05, 0) is 34.5 Å². The molecule has 1 aromatic heterocycles. The summed E-state index contributed by atoms with van der Waals surface area (Å²) < 4.78 is 8.32. The van der Waals surface area contributed by atoms with Crippen LogP contribution >= 0.6 is 15.9 Å². The SMILES string of the molecule is CN(Cc1cnn(C)c1)C(=O)CCCOc1ccccc1Br. The second-order valence-corrected chi connectivity index (χ2v) is 6.01. The highest BCUT2D eigenvalue weighted by molar-refractivity contribution is 9.10. The quantitative estimate of drug-likeness (QED) is 0.708. The predicted octanol–water partition coefficient (Wildman–Crippen LogP) is 3.00. The topological polar surface area (TPSA) is 47.4 Å². The van der Waals surface area contributed by atoms with Crippen molar-refractivity contribution in [2.75, 3.05) is 13.7 Å². The summed E-state index contributed by atoms with van der Waals surface area (Å²) in [5.74, 6) is 0.915. The van der Waals surface area contributed by atoms with Crippen LogP contribution < -0.4 is 4.74 Å². The zero-order chi connectivity index (χ0) is 15.9. The molecule has 118 valence electrons. The molecule has 5 nitrogen and oxygen atoms in total. The van der Waals surface area contributed by atoms with Crippen molar-refractivity contribution in [3.8, 4) is 5.75 Å². The summed E-state index contributed by atoms with van der Waals surface area (Å²) in [7, 11) is 3.67. The lowest BCUT2D eigenvalue weighted by molar-refractivity contribution is -0.130. The summed E-state index contributed by atoms with van der Waals surface area (Å²) in [5, 5.41) is 4.10. The van der Waals surface area contributed by atoms with E-state index in [2.05, 4.69) is 21.0 Å². The van der Waals surface area contributed by atoms with Gasteiger partial charge in [0.2, 0.25) is 5.91 Å². The van der Waals surface area contributed by atoms with Crippen LogP contribution in [0.2, 0.25) is 0 Å². The lowest BCUT2D eigenvalue weighted by Crippen LogP contribution is -2.26. The van der Waals surface area contributed by atoms with Gasteiger partial charge >= 0.3 is 0 Å². The van der Waals surface area contributed by atoms with Gasteiger partial charge in [0.05, 0.1) is 17.3 Å². The van der Waals surface area contributed by atoms with Crippen LogP contribution in [0.25, 0.3) is 0 Å². The van der Waals surface area contributed by atoms with Crippen LogP contribution in [0.1, 0.15) is 18.4 Å². The number of benzene rings is 1. The molecule has 0 bridgehead atoms. The van der Waals surface area contributed by atoms with Crippen molar-refractivity contribution in [2.24, 2.45) is 7.05 Å². The summed E-state index contributed by atoms with van der Waals surface area (Å²) in [4.78, 5) is 13.8. The number of aromatic nitrogens is 2. The molecule has 2 aromatic rings. The van der Waals surface area contributed by atoms with Gasteiger partial charge in [0.15, 0.2) is 0 Å². The summed E-state index contributed by atoms with van der Waals surface area (Å²) in [6.45, 7) is 1.10. The molecule has 0 saturated heterocycles. The third kappa shape index (κ3) is 4.87. The fourth-order valence-corrected chi connectivity index (χ4v) is 2.47. The second kappa shape index (κ2) is 7.98. The molecule has 0 spiro atoms. The molecule has 0 radical (unpaired) electrons. The Bertz CT molecular complexity index is 627. The number of halogens is 1. The van der Waals surface area contributed by atoms with Crippen LogP contribution in [0.3, 0.4) is 0 Å². The first-order valence-electron chi connectivity index (χ1n) is 7.15. The molecule has 6 heteroatoms. The van der Waals surface area contributed by atoms with E-state index in [9.17, 15) is 4.79 Å². The minimum Gasteiger partial charge on any atom is -0.492 e. The highest BCUT2D eigenvalue weighted by atomic mass is 79.9. The third-order valence-corrected chi connectivity index (χ3v) is 3.89. The van der Waals surface area contributed by atoms with Crippen molar-refractivity contribution in [2.45, 2.75) is 19.4 Å². The molecule has 0 aliphatic heterocycles. The van der Waals surface area contributed by atoms with Gasteiger partial charge < -0.3 is 9.64 Å². The molecule has 0 unspecified atom stereocenters. The Hall–Kier alpha value is -1.82. The van der Waals surface area contributed by atoms with Crippen LogP contribution in [-0.2, 0) is 18.4 Å². The Labute approximate surface area is 139 Å². The van der Waals surface area contributed by atoms with Crippen molar-refractivity contribution in [1.82, 2.24) is 14.7 Å². The van der Waals surface area contributed by atoms with E-state index in [1.165, 1.54) is 0 Å². The molecule has 0 aliphatic carbocycles. The van der Waals surface area contributed by atoms with Gasteiger partial charge in [-0.25, -0.2) is 0 Å². The van der Waals surface area contributed by atoms with Crippen molar-refractivity contribution >= 4 is 21.8 Å². The van der Waals surface area contributed by atoms with Gasteiger partial charge in [-0.1, -0.05) is 12.1 Å². The molecule has 2 rings (SSSR count). The molecule has 1 amide bonds. The van der Waals surface area contributed by atoms with E-state index < -0.39 is 0 Å². The smallest absolute Gasteiger partial charge is 0.222 e. The fourth-order valence-electron chi connectivity index (χ4n) is 2.07. The average molecular weight is 366 g/mol. The molecule has 1 aromatic carbocycles. The number of rotatable bonds is 7. The van der Waals surface area contributed by atoms with Gasteiger partial charge in [0, 0.05) is 38.8 Å². The number of hydrogen-bond acceptors (Lipinski definition) is 3. The van der Waals surface area contributed by atoms with Gasteiger partial charge in [-0.3, -0.25) is 9.48 Å². The molecule has 22 heavy (non-hydrogen) atoms. The summed E-state index contributed by atoms with van der Waals surface area (Å²) in [6.07, 6.45) is 4.86. The van der Waals surface area contributed by atoms with E-state index in [0.29, 0.717) is 26.0 Å². The number of carbonyl (C=O) groups excluding carboxylic acids is 1. The standard InChI is InChI=1S/C16H20BrN3O2/c1-19(11-13-10-18-20(2)12-13)16(21)8-5-9-22-15-7-4-3-6-14(15)17/h3-4,6-7,10,12H,5,8-9,11H2,1-2H3. The maximum atomic E-state index is 12.1. The highest BCUT2D eigenvalue weighted by Crippen LogP contribution is 2.23. The van der Waals surface area contributed by atoms with Crippen molar-refractivity contribution in [1.29, 1.82) is 0 Å². The number of amides is 1. The normalized spacial score (nSPS) is 10.5. The van der Waals surface area contributed by atoms with Crippen LogP contribution in [0.15, 0.2) is 41.1 Å². The Balaban J connectivity index is 1.70. The molecule has 0 aliphatic rings. The first-order chi connectivity index (χ1) is 10.6. The largest absolute Gasteiger partial charge is 0.492 e. The van der Waals surface area contributed by atoms with E-state index in [1.54, 1.807) is 15.8 Å². The minimum absolute atomic E-state index is 0.111. The first-order valence-corrected chi connectivity index (χ1v) is 7.94. The minimum atomic E-state index is 0.111. The Morgan fingerprint density at radius 1 is 1.41 bits per heavy atom. The Morgan fingerprint density at radius 3 is 2.86 bits per heavy atom. The molecule has 0 N–H and O–H groups in total. The second-order valence-electron chi connectivity index (χ2n) is 5.15. The monoisotopic (exact) mass is 365 g/mol. The van der Waals surface area contributed by atoms with Crippen LogP contribution in [0.4, 0.5) is 0 Å². The zero-order valence-corrected chi connectivity index (χ0v) is 14.4. The van der Waals surface area contributed by atoms with E-state index in [4.69, 9.17) is 4.74 Å². The summed E-state index contributed by atoms with van der Waals surface area (Å²) in [5.41, 5.74) is 1.03. The highest BCUT2D eigenvalue weighted by Gasteiger charge is 2.10. The maximum absolute atomic E-state index is 12.1. The fraction of sp³-hybridized carbons (Fsp3) is 0.375. The zero-order valence-electron chi connectivity index (χ0n) is 12.8. The number of ether oxygens (including phenoxy) is 1. The Morgan fingerprint density at radius 2 is 2.18 bits per heavy atom. The van der Waals surface area contributed by atoms with Crippen molar-refractivity contribution < 1.29 is 9.53 Å². The van der Waals surface area contributed by atoms with Crippen LogP contribution in [-0.4, -0.2) is 34.2 Å². The third-order valence-electron chi connectivity index (χ3n) is 3.23. The van der Waals surface area contributed by atoms with Gasteiger partial charge in [0.1, 0.15) is 5.75 Å². The first kappa shape index (κ1) is 16.5. The average Bonchev–Trinajstić information content (AvgIpc) is 2.90. The van der Waals surface area contributed by atoms with Crippen molar-refractivity contribution in [3.05, 3.63) is 46.7 Å². The number of para-hydroxylation sites is 1. The number of carbonyl (C=O) groups is 1. The molecular weight excluding hydrogens is 346 g/mol. The lowest BCUT2D eigenvalue weighted by atomic mass is 10.2. The molecule has 1 heterocycles. The molecule has 0 atom stereocenters. The number of aryl methyl sites for hydroxylation is 1. The van der Waals surface area contributed by atoms with E-state index in [0.717, 1.165) is 15.8 Å². The van der Waals surface area contributed by atoms with Crippen molar-refractivity contribution in [3.63, 3.8) is 0 Å². The predicted molar refractivity (Wildman–Crippen MR) is 88.6 cm³/mol. The summed E-state index contributed by atoms with van der Waals surface area (Å²) in [6, 6.07) is 7.70. The molecule has 0 saturated carbocycles. The number of nitrogens with zero attached hydrogens (tertiary/aromatic N) is 3. The molecular formula is C16H20BrN3O2. The lowest BCUT2D eigenvalue weighted by Gasteiger charge is -2.16. The van der Waals surface area contributed by atoms with Gasteiger partial charge in [-0.2, -0.15) is 5.10 Å². The maximum Gasteiger partial charge on any atom is 0.222 e. The van der Waals surface area contributed by atoms with Crippen LogP contribution in [0, 0.1) is 0 Å². The molecule has 0 fully saturated rings. The van der Waals surface area contributed by atoms with Crippen LogP contribution in [0.5, 0.6) is 5.75 Å². The van der Waals surface area contributed by atoms with E-state index in [1.807, 2.05) is 44.6 Å². The van der Waals surface area contributed by atoms with Gasteiger partial charge in [-0.15, -0.1) is 0 Å². The van der Waals surface area contributed by atoms with E-state index >= 15 is 0 Å².